The lowest BCUT2D eigenvalue weighted by Gasteiger charge is -2.06. The van der Waals surface area contributed by atoms with Crippen LogP contribution in [0.5, 0.6) is 0 Å². The van der Waals surface area contributed by atoms with Crippen molar-refractivity contribution in [1.82, 2.24) is 9.97 Å². The molecule has 0 spiro atoms. The van der Waals surface area contributed by atoms with Crippen LogP contribution in [0, 0.1) is 24.1 Å². The Morgan fingerprint density at radius 1 is 1.29 bits per heavy atom. The number of hydrogen-bond acceptors (Lipinski definition) is 4. The number of halogens is 1. The molecule has 84 valence electrons. The van der Waals surface area contributed by atoms with Crippen molar-refractivity contribution in [2.75, 3.05) is 5.32 Å². The molecule has 1 aromatic heterocycles. The Labute approximate surface area is 97.8 Å². The quantitative estimate of drug-likeness (QED) is 0.857. The lowest BCUT2D eigenvalue weighted by Crippen LogP contribution is -1.98. The average Bonchev–Trinajstić information content (AvgIpc) is 2.35. The fourth-order valence-corrected chi connectivity index (χ4v) is 1.32. The molecule has 0 radical (unpaired) electrons. The molecule has 0 atom stereocenters. The molecular formula is C12H9FN4. The average molecular weight is 228 g/mol. The summed E-state index contributed by atoms with van der Waals surface area (Å²) < 4.78 is 13.4. The van der Waals surface area contributed by atoms with Gasteiger partial charge in [0.2, 0.25) is 0 Å². The second kappa shape index (κ2) is 4.58. The number of aromatic nitrogens is 2. The molecule has 17 heavy (non-hydrogen) atoms. The van der Waals surface area contributed by atoms with Crippen LogP contribution in [-0.2, 0) is 0 Å². The normalized spacial score (nSPS) is 9.71. The fourth-order valence-electron chi connectivity index (χ4n) is 1.32. The van der Waals surface area contributed by atoms with E-state index >= 15 is 0 Å². The number of nitrogens with zero attached hydrogens (tertiary/aromatic N) is 3. The van der Waals surface area contributed by atoms with Crippen molar-refractivity contribution in [2.45, 2.75) is 6.92 Å². The van der Waals surface area contributed by atoms with Gasteiger partial charge in [0.15, 0.2) is 5.69 Å². The van der Waals surface area contributed by atoms with Crippen LogP contribution < -0.4 is 5.32 Å². The molecular weight excluding hydrogens is 219 g/mol. The van der Waals surface area contributed by atoms with Crippen molar-refractivity contribution in [3.8, 4) is 6.07 Å². The van der Waals surface area contributed by atoms with Crippen LogP contribution in [0.4, 0.5) is 15.9 Å². The zero-order valence-electron chi connectivity index (χ0n) is 9.11. The van der Waals surface area contributed by atoms with Crippen molar-refractivity contribution in [3.63, 3.8) is 0 Å². The molecule has 0 fully saturated rings. The number of hydrogen-bond donors (Lipinski definition) is 1. The predicted octanol–water partition coefficient (Wildman–Crippen LogP) is 2.54. The van der Waals surface area contributed by atoms with E-state index in [1.54, 1.807) is 12.1 Å². The SMILES string of the molecule is Cc1ccc(F)c(Nc2cnc(C#N)cn2)c1. The van der Waals surface area contributed by atoms with E-state index in [0.717, 1.165) is 5.56 Å². The zero-order valence-corrected chi connectivity index (χ0v) is 9.11. The lowest BCUT2D eigenvalue weighted by molar-refractivity contribution is 0.631. The largest absolute Gasteiger partial charge is 0.337 e. The number of nitrogens with one attached hydrogen (secondary N) is 1. The smallest absolute Gasteiger partial charge is 0.158 e. The molecule has 2 rings (SSSR count). The molecule has 0 aliphatic rings. The first-order chi connectivity index (χ1) is 8.19. The summed E-state index contributed by atoms with van der Waals surface area (Å²) >= 11 is 0. The van der Waals surface area contributed by atoms with Gasteiger partial charge in [0, 0.05) is 0 Å². The molecule has 1 aromatic carbocycles. The Kier molecular flexibility index (Phi) is 2.97. The van der Waals surface area contributed by atoms with Gasteiger partial charge in [-0.1, -0.05) is 6.07 Å². The maximum Gasteiger partial charge on any atom is 0.158 e. The fraction of sp³-hybridized carbons (Fsp3) is 0.0833. The third-order valence-corrected chi connectivity index (χ3v) is 2.15. The summed E-state index contributed by atoms with van der Waals surface area (Å²) in [7, 11) is 0. The summed E-state index contributed by atoms with van der Waals surface area (Å²) in [5.41, 5.74) is 1.50. The van der Waals surface area contributed by atoms with E-state index in [2.05, 4.69) is 15.3 Å². The minimum Gasteiger partial charge on any atom is -0.337 e. The Balaban J connectivity index is 2.25. The number of benzene rings is 1. The summed E-state index contributed by atoms with van der Waals surface area (Å²) in [5, 5.41) is 11.4. The Morgan fingerprint density at radius 2 is 2.12 bits per heavy atom. The van der Waals surface area contributed by atoms with E-state index in [9.17, 15) is 4.39 Å². The van der Waals surface area contributed by atoms with Gasteiger partial charge in [-0.25, -0.2) is 14.4 Å². The first-order valence-corrected chi connectivity index (χ1v) is 4.94. The predicted molar refractivity (Wildman–Crippen MR) is 61.2 cm³/mol. The van der Waals surface area contributed by atoms with E-state index in [1.807, 2.05) is 13.0 Å². The van der Waals surface area contributed by atoms with Gasteiger partial charge in [0.1, 0.15) is 17.7 Å². The Hall–Kier alpha value is -2.48. The van der Waals surface area contributed by atoms with E-state index in [-0.39, 0.29) is 11.5 Å². The molecule has 5 heteroatoms. The molecule has 0 amide bonds. The molecule has 0 saturated heterocycles. The highest BCUT2D eigenvalue weighted by molar-refractivity contribution is 5.57. The summed E-state index contributed by atoms with van der Waals surface area (Å²) in [5.74, 6) is 0.0373. The van der Waals surface area contributed by atoms with Gasteiger partial charge < -0.3 is 5.32 Å². The first kappa shape index (κ1) is 11.0. The lowest BCUT2D eigenvalue weighted by atomic mass is 10.2. The van der Waals surface area contributed by atoms with Crippen LogP contribution in [0.3, 0.4) is 0 Å². The van der Waals surface area contributed by atoms with Gasteiger partial charge in [0.05, 0.1) is 18.1 Å². The molecule has 4 nitrogen and oxygen atoms in total. The van der Waals surface area contributed by atoms with Crippen molar-refractivity contribution in [1.29, 1.82) is 5.26 Å². The Bertz CT molecular complexity index is 572. The number of aryl methyl sites for hydroxylation is 1. The van der Waals surface area contributed by atoms with Crippen LogP contribution in [0.25, 0.3) is 0 Å². The summed E-state index contributed by atoms with van der Waals surface area (Å²) in [6, 6.07) is 6.61. The molecule has 1 heterocycles. The summed E-state index contributed by atoms with van der Waals surface area (Å²) in [4.78, 5) is 7.79. The first-order valence-electron chi connectivity index (χ1n) is 4.94. The van der Waals surface area contributed by atoms with E-state index in [4.69, 9.17) is 5.26 Å². The van der Waals surface area contributed by atoms with Crippen LogP contribution in [0.15, 0.2) is 30.6 Å². The van der Waals surface area contributed by atoms with Gasteiger partial charge in [-0.3, -0.25) is 0 Å². The highest BCUT2D eigenvalue weighted by Gasteiger charge is 2.03. The highest BCUT2D eigenvalue weighted by atomic mass is 19.1. The molecule has 0 aliphatic heterocycles. The van der Waals surface area contributed by atoms with Crippen LogP contribution in [0.2, 0.25) is 0 Å². The maximum atomic E-state index is 13.4. The standard InChI is InChI=1S/C12H9FN4/c1-8-2-3-10(13)11(4-8)17-12-7-15-9(5-14)6-16-12/h2-4,6-7H,1H3,(H,16,17). The van der Waals surface area contributed by atoms with Crippen LogP contribution in [0.1, 0.15) is 11.3 Å². The van der Waals surface area contributed by atoms with E-state index in [1.165, 1.54) is 18.5 Å². The van der Waals surface area contributed by atoms with Crippen LogP contribution in [-0.4, -0.2) is 9.97 Å². The molecule has 0 aliphatic carbocycles. The maximum absolute atomic E-state index is 13.4. The number of rotatable bonds is 2. The zero-order chi connectivity index (χ0) is 12.3. The minimum absolute atomic E-state index is 0.222. The second-order valence-electron chi connectivity index (χ2n) is 3.51. The summed E-state index contributed by atoms with van der Waals surface area (Å²) in [6.07, 6.45) is 2.72. The van der Waals surface area contributed by atoms with Crippen molar-refractivity contribution in [2.24, 2.45) is 0 Å². The summed E-state index contributed by atoms with van der Waals surface area (Å²) in [6.45, 7) is 1.87. The minimum atomic E-state index is -0.359. The van der Waals surface area contributed by atoms with Gasteiger partial charge in [-0.15, -0.1) is 0 Å². The van der Waals surface area contributed by atoms with E-state index in [0.29, 0.717) is 11.5 Å². The van der Waals surface area contributed by atoms with Gasteiger partial charge >= 0.3 is 0 Å². The van der Waals surface area contributed by atoms with Gasteiger partial charge in [0.25, 0.3) is 0 Å². The third kappa shape index (κ3) is 2.55. The molecule has 0 unspecified atom stereocenters. The Morgan fingerprint density at radius 3 is 2.76 bits per heavy atom. The highest BCUT2D eigenvalue weighted by Crippen LogP contribution is 2.19. The topological polar surface area (TPSA) is 61.6 Å². The number of nitriles is 1. The van der Waals surface area contributed by atoms with Gasteiger partial charge in [-0.05, 0) is 24.6 Å². The molecule has 0 bridgehead atoms. The number of anilines is 2. The molecule has 0 saturated carbocycles. The van der Waals surface area contributed by atoms with Gasteiger partial charge in [-0.2, -0.15) is 5.26 Å². The van der Waals surface area contributed by atoms with Crippen LogP contribution >= 0.6 is 0 Å². The monoisotopic (exact) mass is 228 g/mol. The molecule has 2 aromatic rings. The second-order valence-corrected chi connectivity index (χ2v) is 3.51. The van der Waals surface area contributed by atoms with Crippen molar-refractivity contribution in [3.05, 3.63) is 47.7 Å². The van der Waals surface area contributed by atoms with Crippen molar-refractivity contribution < 1.29 is 4.39 Å². The molecule has 1 N–H and O–H groups in total. The van der Waals surface area contributed by atoms with E-state index < -0.39 is 0 Å². The third-order valence-electron chi connectivity index (χ3n) is 2.15. The van der Waals surface area contributed by atoms with Crippen molar-refractivity contribution >= 4 is 11.5 Å².